The molecule has 0 unspecified atom stereocenters. The van der Waals surface area contributed by atoms with Crippen molar-refractivity contribution >= 4 is 17.6 Å². The number of rotatable bonds is 6. The maximum absolute atomic E-state index is 12.5. The number of aromatic nitrogens is 2. The normalized spacial score (nSPS) is 15.0. The number of carbonyl (C=O) groups excluding carboxylic acids is 2. The third-order valence-corrected chi connectivity index (χ3v) is 4.63. The summed E-state index contributed by atoms with van der Waals surface area (Å²) in [6.45, 7) is 4.57. The van der Waals surface area contributed by atoms with Crippen molar-refractivity contribution in [2.45, 2.75) is 45.1 Å². The Labute approximate surface area is 153 Å². The number of urea groups is 1. The van der Waals surface area contributed by atoms with Gasteiger partial charge in [0.25, 0.3) is 5.91 Å². The van der Waals surface area contributed by atoms with Crippen LogP contribution in [0, 0.1) is 6.92 Å². The zero-order valence-electron chi connectivity index (χ0n) is 15.2. The van der Waals surface area contributed by atoms with Gasteiger partial charge in [-0.15, -0.1) is 0 Å². The molecule has 138 valence electrons. The molecule has 3 rings (SSSR count). The lowest BCUT2D eigenvalue weighted by Gasteiger charge is -2.40. The van der Waals surface area contributed by atoms with Crippen LogP contribution in [0.4, 0.5) is 10.5 Å². The van der Waals surface area contributed by atoms with E-state index in [0.29, 0.717) is 17.8 Å². The molecule has 0 spiro atoms. The number of imidazole rings is 1. The van der Waals surface area contributed by atoms with Crippen LogP contribution in [0.15, 0.2) is 30.5 Å². The molecule has 3 amide bonds. The summed E-state index contributed by atoms with van der Waals surface area (Å²) >= 11 is 0. The van der Waals surface area contributed by atoms with E-state index in [2.05, 4.69) is 25.9 Å². The average molecular weight is 355 g/mol. The molecule has 1 fully saturated rings. The number of nitrogens with one attached hydrogen (secondary N) is 4. The van der Waals surface area contributed by atoms with Gasteiger partial charge in [0, 0.05) is 29.7 Å². The Morgan fingerprint density at radius 3 is 2.73 bits per heavy atom. The van der Waals surface area contributed by atoms with E-state index in [1.165, 1.54) is 0 Å². The second kappa shape index (κ2) is 7.59. The van der Waals surface area contributed by atoms with E-state index < -0.39 is 5.54 Å². The number of anilines is 1. The summed E-state index contributed by atoms with van der Waals surface area (Å²) in [7, 11) is 0. The summed E-state index contributed by atoms with van der Waals surface area (Å²) < 4.78 is 0. The van der Waals surface area contributed by atoms with Gasteiger partial charge in [0.05, 0.1) is 5.54 Å². The maximum atomic E-state index is 12.5. The molecular formula is C19H25N5O2. The van der Waals surface area contributed by atoms with Crippen molar-refractivity contribution in [3.8, 4) is 0 Å². The largest absolute Gasteiger partial charge is 0.352 e. The SMILES string of the molecule is CCCNC(=O)c1cccc(NC(=O)NC2(c3ncc(C)[nH]3)CCC2)c1. The van der Waals surface area contributed by atoms with E-state index in [-0.39, 0.29) is 11.9 Å². The molecule has 0 aliphatic heterocycles. The first-order chi connectivity index (χ1) is 12.5. The van der Waals surface area contributed by atoms with Gasteiger partial charge in [-0.1, -0.05) is 13.0 Å². The van der Waals surface area contributed by atoms with Crippen LogP contribution in [0.2, 0.25) is 0 Å². The molecule has 1 heterocycles. The van der Waals surface area contributed by atoms with E-state index in [1.807, 2.05) is 13.8 Å². The number of aryl methyl sites for hydroxylation is 1. The Bertz CT molecular complexity index is 795. The summed E-state index contributed by atoms with van der Waals surface area (Å²) in [5.41, 5.74) is 1.64. The number of benzene rings is 1. The molecule has 7 heteroatoms. The van der Waals surface area contributed by atoms with Crippen LogP contribution in [0.1, 0.15) is 54.5 Å². The number of aromatic amines is 1. The van der Waals surface area contributed by atoms with Crippen LogP contribution in [-0.2, 0) is 5.54 Å². The first-order valence-electron chi connectivity index (χ1n) is 9.02. The van der Waals surface area contributed by atoms with Crippen molar-refractivity contribution in [3.63, 3.8) is 0 Å². The monoisotopic (exact) mass is 355 g/mol. The van der Waals surface area contributed by atoms with Gasteiger partial charge in [-0.3, -0.25) is 4.79 Å². The lowest BCUT2D eigenvalue weighted by Crippen LogP contribution is -2.52. The predicted molar refractivity (Wildman–Crippen MR) is 100 cm³/mol. The second-order valence-electron chi connectivity index (χ2n) is 6.77. The highest BCUT2D eigenvalue weighted by atomic mass is 16.2. The summed E-state index contributed by atoms with van der Waals surface area (Å²) in [6, 6.07) is 6.62. The van der Waals surface area contributed by atoms with E-state index >= 15 is 0 Å². The third kappa shape index (κ3) is 3.87. The van der Waals surface area contributed by atoms with E-state index in [4.69, 9.17) is 0 Å². The highest BCUT2D eigenvalue weighted by molar-refractivity contribution is 5.97. The van der Waals surface area contributed by atoms with Crippen LogP contribution in [0.3, 0.4) is 0 Å². The molecule has 1 aromatic heterocycles. The number of carbonyl (C=O) groups is 2. The van der Waals surface area contributed by atoms with Gasteiger partial charge in [-0.05, 0) is 50.8 Å². The van der Waals surface area contributed by atoms with Gasteiger partial charge >= 0.3 is 6.03 Å². The number of H-pyrrole nitrogens is 1. The van der Waals surface area contributed by atoms with Crippen molar-refractivity contribution in [1.82, 2.24) is 20.6 Å². The fraction of sp³-hybridized carbons (Fsp3) is 0.421. The van der Waals surface area contributed by atoms with E-state index in [1.54, 1.807) is 30.5 Å². The lowest BCUT2D eigenvalue weighted by molar-refractivity contribution is 0.0953. The molecule has 0 bridgehead atoms. The second-order valence-corrected chi connectivity index (χ2v) is 6.77. The lowest BCUT2D eigenvalue weighted by atomic mass is 9.76. The molecule has 0 atom stereocenters. The third-order valence-electron chi connectivity index (χ3n) is 4.63. The summed E-state index contributed by atoms with van der Waals surface area (Å²) in [5, 5.41) is 8.70. The van der Waals surface area contributed by atoms with Crippen molar-refractivity contribution in [1.29, 1.82) is 0 Å². The van der Waals surface area contributed by atoms with Gasteiger partial charge in [0.2, 0.25) is 0 Å². The number of hydrogen-bond acceptors (Lipinski definition) is 3. The molecule has 4 N–H and O–H groups in total. The Hall–Kier alpha value is -2.83. The molecule has 0 saturated heterocycles. The fourth-order valence-corrected chi connectivity index (χ4v) is 3.07. The highest BCUT2D eigenvalue weighted by Crippen LogP contribution is 2.39. The zero-order chi connectivity index (χ0) is 18.6. The minimum Gasteiger partial charge on any atom is -0.352 e. The van der Waals surface area contributed by atoms with Gasteiger partial charge in [0.15, 0.2) is 0 Å². The molecule has 0 radical (unpaired) electrons. The van der Waals surface area contributed by atoms with Crippen molar-refractivity contribution in [3.05, 3.63) is 47.5 Å². The van der Waals surface area contributed by atoms with Crippen LogP contribution in [-0.4, -0.2) is 28.5 Å². The Morgan fingerprint density at radius 2 is 2.12 bits per heavy atom. The van der Waals surface area contributed by atoms with Crippen molar-refractivity contribution in [2.24, 2.45) is 0 Å². The zero-order valence-corrected chi connectivity index (χ0v) is 15.2. The van der Waals surface area contributed by atoms with E-state index in [0.717, 1.165) is 37.2 Å². The molecule has 2 aromatic rings. The van der Waals surface area contributed by atoms with Crippen LogP contribution in [0.5, 0.6) is 0 Å². The number of hydrogen-bond donors (Lipinski definition) is 4. The summed E-state index contributed by atoms with van der Waals surface area (Å²) in [5.74, 6) is 0.654. The first kappa shape index (κ1) is 18.0. The maximum Gasteiger partial charge on any atom is 0.320 e. The predicted octanol–water partition coefficient (Wildman–Crippen LogP) is 3.06. The Balaban J connectivity index is 1.65. The molecule has 7 nitrogen and oxygen atoms in total. The molecule has 1 aliphatic carbocycles. The van der Waals surface area contributed by atoms with Gasteiger partial charge < -0.3 is 20.9 Å². The van der Waals surface area contributed by atoms with Gasteiger partial charge in [0.1, 0.15) is 5.82 Å². The smallest absolute Gasteiger partial charge is 0.320 e. The summed E-state index contributed by atoms with van der Waals surface area (Å²) in [4.78, 5) is 32.2. The highest BCUT2D eigenvalue weighted by Gasteiger charge is 2.42. The molecular weight excluding hydrogens is 330 g/mol. The van der Waals surface area contributed by atoms with Crippen LogP contribution < -0.4 is 16.0 Å². The van der Waals surface area contributed by atoms with Gasteiger partial charge in [-0.25, -0.2) is 9.78 Å². The topological polar surface area (TPSA) is 98.9 Å². The fourth-order valence-electron chi connectivity index (χ4n) is 3.07. The number of amides is 3. The number of nitrogens with zero attached hydrogens (tertiary/aromatic N) is 1. The van der Waals surface area contributed by atoms with Crippen LogP contribution in [0.25, 0.3) is 0 Å². The molecule has 1 saturated carbocycles. The van der Waals surface area contributed by atoms with Crippen molar-refractivity contribution in [2.75, 3.05) is 11.9 Å². The van der Waals surface area contributed by atoms with Gasteiger partial charge in [-0.2, -0.15) is 0 Å². The average Bonchev–Trinajstić information content (AvgIpc) is 3.02. The molecule has 1 aliphatic rings. The molecule has 26 heavy (non-hydrogen) atoms. The van der Waals surface area contributed by atoms with Crippen molar-refractivity contribution < 1.29 is 9.59 Å². The minimum atomic E-state index is -0.436. The standard InChI is InChI=1S/C19H25N5O2/c1-3-10-20-16(25)14-6-4-7-15(11-14)23-18(26)24-19(8-5-9-19)17-21-12-13(2)22-17/h4,6-7,11-12H,3,5,8-10H2,1-2H3,(H,20,25)(H,21,22)(H2,23,24,26). The van der Waals surface area contributed by atoms with E-state index in [9.17, 15) is 9.59 Å². The minimum absolute atomic E-state index is 0.141. The Morgan fingerprint density at radius 1 is 1.31 bits per heavy atom. The van der Waals surface area contributed by atoms with Crippen LogP contribution >= 0.6 is 0 Å². The first-order valence-corrected chi connectivity index (χ1v) is 9.02. The molecule has 1 aromatic carbocycles. The Kier molecular flexibility index (Phi) is 5.25. The quantitative estimate of drug-likeness (QED) is 0.641. The summed E-state index contributed by atoms with van der Waals surface area (Å²) in [6.07, 6.45) is 5.40.